The van der Waals surface area contributed by atoms with E-state index in [0.717, 1.165) is 41.5 Å². The largest absolute Gasteiger partial charge is 0.398 e. The predicted octanol–water partition coefficient (Wildman–Crippen LogP) is 3.36. The summed E-state index contributed by atoms with van der Waals surface area (Å²) in [6.07, 6.45) is 4.52. The summed E-state index contributed by atoms with van der Waals surface area (Å²) in [5.74, 6) is 1.84. The van der Waals surface area contributed by atoms with Crippen LogP contribution in [-0.2, 0) is 0 Å². The van der Waals surface area contributed by atoms with E-state index in [4.69, 9.17) is 5.73 Å². The van der Waals surface area contributed by atoms with Crippen molar-refractivity contribution < 1.29 is 0 Å². The highest BCUT2D eigenvalue weighted by Crippen LogP contribution is 2.32. The fraction of sp³-hybridized carbons (Fsp3) is 0.438. The summed E-state index contributed by atoms with van der Waals surface area (Å²) in [6, 6.07) is 6.13. The average molecular weight is 255 g/mol. The van der Waals surface area contributed by atoms with Crippen LogP contribution in [-0.4, -0.2) is 18.1 Å². The number of nitrogens with zero attached hydrogens (tertiary/aromatic N) is 2. The monoisotopic (exact) mass is 255 g/mol. The van der Waals surface area contributed by atoms with Crippen molar-refractivity contribution in [3.8, 4) is 0 Å². The van der Waals surface area contributed by atoms with Gasteiger partial charge >= 0.3 is 0 Å². The molecule has 19 heavy (non-hydrogen) atoms. The molecule has 1 aliphatic rings. The summed E-state index contributed by atoms with van der Waals surface area (Å²) in [5, 5.41) is 2.35. The Kier molecular flexibility index (Phi) is 3.05. The Hall–Kier alpha value is -1.77. The molecule has 1 aliphatic heterocycles. The van der Waals surface area contributed by atoms with Crippen LogP contribution in [0.5, 0.6) is 0 Å². The summed E-state index contributed by atoms with van der Waals surface area (Å²) in [7, 11) is 0. The first-order valence-electron chi connectivity index (χ1n) is 7.05. The molecule has 1 unspecified atom stereocenters. The smallest absolute Gasteiger partial charge is 0.136 e. The second kappa shape index (κ2) is 4.72. The van der Waals surface area contributed by atoms with Crippen molar-refractivity contribution in [1.29, 1.82) is 0 Å². The minimum absolute atomic E-state index is 0.743. The number of pyridine rings is 1. The number of rotatable bonds is 1. The number of anilines is 2. The summed E-state index contributed by atoms with van der Waals surface area (Å²) >= 11 is 0. The highest BCUT2D eigenvalue weighted by Gasteiger charge is 2.20. The van der Waals surface area contributed by atoms with Crippen LogP contribution in [0.3, 0.4) is 0 Å². The second-order valence-corrected chi connectivity index (χ2v) is 5.73. The Morgan fingerprint density at radius 1 is 1.37 bits per heavy atom. The maximum absolute atomic E-state index is 6.14. The second-order valence-electron chi connectivity index (χ2n) is 5.73. The number of piperidine rings is 1. The minimum atomic E-state index is 0.743. The molecule has 2 aromatic rings. The van der Waals surface area contributed by atoms with Gasteiger partial charge < -0.3 is 10.6 Å². The van der Waals surface area contributed by atoms with E-state index in [1.165, 1.54) is 18.2 Å². The van der Waals surface area contributed by atoms with Crippen molar-refractivity contribution >= 4 is 22.3 Å². The third kappa shape index (κ3) is 2.14. The number of fused-ring (bicyclic) bond motifs is 1. The average Bonchev–Trinajstić information content (AvgIpc) is 2.39. The molecule has 1 aromatic carbocycles. The molecule has 100 valence electrons. The fourth-order valence-corrected chi connectivity index (χ4v) is 3.12. The summed E-state index contributed by atoms with van der Waals surface area (Å²) in [6.45, 7) is 6.59. The van der Waals surface area contributed by atoms with E-state index >= 15 is 0 Å². The molecule has 0 spiro atoms. The molecule has 2 N–H and O–H groups in total. The van der Waals surface area contributed by atoms with Crippen LogP contribution in [0, 0.1) is 12.8 Å². The van der Waals surface area contributed by atoms with E-state index in [1.807, 2.05) is 18.3 Å². The van der Waals surface area contributed by atoms with E-state index in [9.17, 15) is 0 Å². The Balaban J connectivity index is 2.14. The number of nitrogens with two attached hydrogens (primary N) is 1. The normalized spacial score (nSPS) is 19.9. The molecule has 0 saturated carbocycles. The van der Waals surface area contributed by atoms with Crippen molar-refractivity contribution in [2.24, 2.45) is 5.92 Å². The van der Waals surface area contributed by atoms with Gasteiger partial charge in [0.2, 0.25) is 0 Å². The zero-order valence-electron chi connectivity index (χ0n) is 11.7. The third-order valence-corrected chi connectivity index (χ3v) is 4.07. The number of hydrogen-bond acceptors (Lipinski definition) is 3. The lowest BCUT2D eigenvalue weighted by Crippen LogP contribution is -2.34. The SMILES string of the molecule is Cc1cnc(N2CCCC(C)C2)c2cccc(N)c12. The lowest BCUT2D eigenvalue weighted by Gasteiger charge is -2.32. The lowest BCUT2D eigenvalue weighted by atomic mass is 9.99. The van der Waals surface area contributed by atoms with Crippen molar-refractivity contribution in [1.82, 2.24) is 4.98 Å². The molecular formula is C16H21N3. The zero-order chi connectivity index (χ0) is 13.4. The molecule has 0 bridgehead atoms. The van der Waals surface area contributed by atoms with Gasteiger partial charge in [-0.05, 0) is 37.3 Å². The molecule has 2 heterocycles. The van der Waals surface area contributed by atoms with Gasteiger partial charge in [-0.25, -0.2) is 4.98 Å². The Bertz CT molecular complexity index is 598. The summed E-state index contributed by atoms with van der Waals surface area (Å²) in [4.78, 5) is 7.09. The van der Waals surface area contributed by atoms with Crippen LogP contribution in [0.4, 0.5) is 11.5 Å². The molecule has 1 aromatic heterocycles. The molecule has 3 nitrogen and oxygen atoms in total. The molecule has 0 amide bonds. The first kappa shape index (κ1) is 12.3. The molecule has 1 fully saturated rings. The highest BCUT2D eigenvalue weighted by atomic mass is 15.2. The molecular weight excluding hydrogens is 234 g/mol. The van der Waals surface area contributed by atoms with Crippen LogP contribution in [0.15, 0.2) is 24.4 Å². The van der Waals surface area contributed by atoms with E-state index in [1.54, 1.807) is 0 Å². The maximum atomic E-state index is 6.14. The van der Waals surface area contributed by atoms with E-state index in [0.29, 0.717) is 0 Å². The van der Waals surface area contributed by atoms with Gasteiger partial charge in [0.05, 0.1) is 0 Å². The Morgan fingerprint density at radius 2 is 2.21 bits per heavy atom. The van der Waals surface area contributed by atoms with Crippen molar-refractivity contribution in [3.05, 3.63) is 30.0 Å². The van der Waals surface area contributed by atoms with Gasteiger partial charge in [0.15, 0.2) is 0 Å². The van der Waals surface area contributed by atoms with Crippen LogP contribution >= 0.6 is 0 Å². The number of benzene rings is 1. The summed E-state index contributed by atoms with van der Waals surface area (Å²) in [5.41, 5.74) is 8.14. The first-order chi connectivity index (χ1) is 9.16. The van der Waals surface area contributed by atoms with Crippen molar-refractivity contribution in [2.45, 2.75) is 26.7 Å². The van der Waals surface area contributed by atoms with Crippen molar-refractivity contribution in [3.63, 3.8) is 0 Å². The molecule has 1 saturated heterocycles. The number of hydrogen-bond donors (Lipinski definition) is 1. The molecule has 1 atom stereocenters. The molecule has 3 heteroatoms. The molecule has 0 aliphatic carbocycles. The van der Waals surface area contributed by atoms with Gasteiger partial charge in [-0.3, -0.25) is 0 Å². The first-order valence-corrected chi connectivity index (χ1v) is 7.05. The van der Waals surface area contributed by atoms with Gasteiger partial charge in [0.1, 0.15) is 5.82 Å². The quantitative estimate of drug-likeness (QED) is 0.794. The molecule has 3 rings (SSSR count). The van der Waals surface area contributed by atoms with Crippen LogP contribution in [0.1, 0.15) is 25.3 Å². The standard InChI is InChI=1S/C16H21N3/c1-11-5-4-8-19(10-11)16-13-6-3-7-14(17)15(13)12(2)9-18-16/h3,6-7,9,11H,4-5,8,10,17H2,1-2H3. The van der Waals surface area contributed by atoms with Crippen LogP contribution < -0.4 is 10.6 Å². The van der Waals surface area contributed by atoms with Crippen LogP contribution in [0.25, 0.3) is 10.8 Å². The Morgan fingerprint density at radius 3 is 3.00 bits per heavy atom. The summed E-state index contributed by atoms with van der Waals surface area (Å²) < 4.78 is 0. The molecule has 0 radical (unpaired) electrons. The van der Waals surface area contributed by atoms with Gasteiger partial charge in [-0.1, -0.05) is 19.1 Å². The Labute approximate surface area is 114 Å². The zero-order valence-corrected chi connectivity index (χ0v) is 11.7. The lowest BCUT2D eigenvalue weighted by molar-refractivity contribution is 0.445. The predicted molar refractivity (Wildman–Crippen MR) is 81.5 cm³/mol. The topological polar surface area (TPSA) is 42.2 Å². The van der Waals surface area contributed by atoms with E-state index < -0.39 is 0 Å². The number of nitrogen functional groups attached to an aromatic ring is 1. The van der Waals surface area contributed by atoms with Gasteiger partial charge in [0.25, 0.3) is 0 Å². The fourth-order valence-electron chi connectivity index (χ4n) is 3.12. The van der Waals surface area contributed by atoms with Gasteiger partial charge in [-0.2, -0.15) is 0 Å². The highest BCUT2D eigenvalue weighted by molar-refractivity contribution is 6.01. The third-order valence-electron chi connectivity index (χ3n) is 4.07. The van der Waals surface area contributed by atoms with Crippen LogP contribution in [0.2, 0.25) is 0 Å². The number of aryl methyl sites for hydroxylation is 1. The van der Waals surface area contributed by atoms with E-state index in [-0.39, 0.29) is 0 Å². The van der Waals surface area contributed by atoms with Gasteiger partial charge in [-0.15, -0.1) is 0 Å². The number of aromatic nitrogens is 1. The van der Waals surface area contributed by atoms with Crippen molar-refractivity contribution in [2.75, 3.05) is 23.7 Å². The minimum Gasteiger partial charge on any atom is -0.398 e. The van der Waals surface area contributed by atoms with Gasteiger partial charge in [0, 0.05) is 35.7 Å². The van der Waals surface area contributed by atoms with E-state index in [2.05, 4.69) is 29.8 Å². The maximum Gasteiger partial charge on any atom is 0.136 e.